The van der Waals surface area contributed by atoms with Crippen molar-refractivity contribution in [2.24, 2.45) is 0 Å². The van der Waals surface area contributed by atoms with Crippen LogP contribution in [0.2, 0.25) is 0 Å². The number of nitrogens with two attached hydrogens (primary N) is 1. The molecule has 22 heavy (non-hydrogen) atoms. The molecule has 4 N–H and O–H groups in total. The van der Waals surface area contributed by atoms with Gasteiger partial charge in [0.15, 0.2) is 0 Å². The molecule has 0 aliphatic heterocycles. The third kappa shape index (κ3) is 3.24. The maximum absolute atomic E-state index is 11.0. The number of nitrogens with zero attached hydrogens (tertiary/aromatic N) is 2. The Bertz CT molecular complexity index is 752. The average Bonchev–Trinajstić information content (AvgIpc) is 2.48. The first kappa shape index (κ1) is 15.1. The van der Waals surface area contributed by atoms with Crippen molar-refractivity contribution >= 4 is 23.1 Å². The van der Waals surface area contributed by atoms with Gasteiger partial charge >= 0.3 is 0 Å². The van der Waals surface area contributed by atoms with Crippen LogP contribution in [-0.4, -0.2) is 17.9 Å². The van der Waals surface area contributed by atoms with Crippen molar-refractivity contribution in [2.75, 3.05) is 23.4 Å². The molecule has 0 fully saturated rings. The van der Waals surface area contributed by atoms with E-state index in [9.17, 15) is 10.1 Å². The van der Waals surface area contributed by atoms with E-state index in [0.29, 0.717) is 34.3 Å². The van der Waals surface area contributed by atoms with Crippen molar-refractivity contribution < 1.29 is 9.53 Å². The van der Waals surface area contributed by atoms with Gasteiger partial charge < -0.3 is 21.1 Å². The van der Waals surface area contributed by atoms with Gasteiger partial charge in [0.05, 0.1) is 11.4 Å². The number of hydrogen-bond acceptors (Lipinski definition) is 6. The van der Waals surface area contributed by atoms with Gasteiger partial charge in [-0.3, -0.25) is 4.79 Å². The number of pyridine rings is 1. The Morgan fingerprint density at radius 3 is 2.82 bits per heavy atom. The summed E-state index contributed by atoms with van der Waals surface area (Å²) in [6.07, 6.45) is 1.50. The third-order valence-electron chi connectivity index (χ3n) is 2.82. The summed E-state index contributed by atoms with van der Waals surface area (Å²) in [5.74, 6) is 0.947. The summed E-state index contributed by atoms with van der Waals surface area (Å²) in [5, 5.41) is 14.8. The lowest BCUT2D eigenvalue weighted by Gasteiger charge is -2.13. The van der Waals surface area contributed by atoms with E-state index in [4.69, 9.17) is 10.5 Å². The zero-order chi connectivity index (χ0) is 16.1. The van der Waals surface area contributed by atoms with E-state index in [2.05, 4.69) is 21.7 Å². The maximum Gasteiger partial charge on any atom is 0.222 e. The number of benzene rings is 1. The second kappa shape index (κ2) is 6.45. The molecule has 0 bridgehead atoms. The Morgan fingerprint density at radius 2 is 2.18 bits per heavy atom. The minimum Gasteiger partial charge on any atom is -0.456 e. The van der Waals surface area contributed by atoms with E-state index in [1.54, 1.807) is 31.3 Å². The van der Waals surface area contributed by atoms with Gasteiger partial charge in [-0.2, -0.15) is 5.26 Å². The smallest absolute Gasteiger partial charge is 0.222 e. The van der Waals surface area contributed by atoms with Gasteiger partial charge in [0.25, 0.3) is 0 Å². The molecule has 1 aromatic heterocycles. The fourth-order valence-electron chi connectivity index (χ4n) is 1.92. The molecular formula is C15H15N5O2. The van der Waals surface area contributed by atoms with Crippen LogP contribution in [0.1, 0.15) is 12.5 Å². The molecule has 1 amide bonds. The topological polar surface area (TPSA) is 113 Å². The standard InChI is InChI=1S/C15H15N5O2/c1-9(21)20-14-7-10(5-6-19-14)22-13-4-3-12(17)15(18-2)11(13)8-16/h3-7,18H,17H2,1-2H3,(H,19,20,21). The Labute approximate surface area is 127 Å². The summed E-state index contributed by atoms with van der Waals surface area (Å²) >= 11 is 0. The predicted molar refractivity (Wildman–Crippen MR) is 83.7 cm³/mol. The molecule has 0 saturated carbocycles. The van der Waals surface area contributed by atoms with Gasteiger partial charge in [-0.25, -0.2) is 4.98 Å². The molecule has 0 atom stereocenters. The van der Waals surface area contributed by atoms with Crippen LogP contribution >= 0.6 is 0 Å². The number of amides is 1. The third-order valence-corrected chi connectivity index (χ3v) is 2.82. The number of carbonyl (C=O) groups excluding carboxylic acids is 1. The van der Waals surface area contributed by atoms with Gasteiger partial charge in [0.1, 0.15) is 28.9 Å². The second-order valence-corrected chi connectivity index (χ2v) is 4.42. The molecule has 0 saturated heterocycles. The molecule has 1 heterocycles. The lowest BCUT2D eigenvalue weighted by molar-refractivity contribution is -0.114. The molecule has 7 heteroatoms. The Balaban J connectivity index is 2.35. The number of nitrogens with one attached hydrogen (secondary N) is 2. The number of aromatic nitrogens is 1. The molecule has 0 aliphatic rings. The first-order chi connectivity index (χ1) is 10.5. The van der Waals surface area contributed by atoms with Crippen molar-refractivity contribution in [1.29, 1.82) is 5.26 Å². The van der Waals surface area contributed by atoms with Crippen molar-refractivity contribution in [3.05, 3.63) is 36.0 Å². The van der Waals surface area contributed by atoms with E-state index < -0.39 is 0 Å². The van der Waals surface area contributed by atoms with Crippen LogP contribution in [0.25, 0.3) is 0 Å². The van der Waals surface area contributed by atoms with Gasteiger partial charge in [0.2, 0.25) is 5.91 Å². The SMILES string of the molecule is CNc1c(N)ccc(Oc2ccnc(NC(C)=O)c2)c1C#N. The summed E-state index contributed by atoms with van der Waals surface area (Å²) in [6.45, 7) is 1.39. The lowest BCUT2D eigenvalue weighted by atomic mass is 10.1. The number of anilines is 3. The van der Waals surface area contributed by atoms with E-state index in [-0.39, 0.29) is 5.91 Å². The Kier molecular flexibility index (Phi) is 4.44. The van der Waals surface area contributed by atoms with E-state index in [0.717, 1.165) is 0 Å². The molecule has 0 radical (unpaired) electrons. The van der Waals surface area contributed by atoms with Crippen LogP contribution in [0, 0.1) is 11.3 Å². The predicted octanol–water partition coefficient (Wildman–Crippen LogP) is 2.33. The van der Waals surface area contributed by atoms with Gasteiger partial charge in [-0.1, -0.05) is 0 Å². The van der Waals surface area contributed by atoms with Crippen LogP contribution in [-0.2, 0) is 4.79 Å². The highest BCUT2D eigenvalue weighted by Crippen LogP contribution is 2.34. The summed E-state index contributed by atoms with van der Waals surface area (Å²) in [6, 6.07) is 8.53. The van der Waals surface area contributed by atoms with Crippen molar-refractivity contribution in [2.45, 2.75) is 6.92 Å². The largest absolute Gasteiger partial charge is 0.456 e. The van der Waals surface area contributed by atoms with Crippen molar-refractivity contribution in [1.82, 2.24) is 4.98 Å². The molecule has 112 valence electrons. The highest BCUT2D eigenvalue weighted by Gasteiger charge is 2.13. The summed E-state index contributed by atoms with van der Waals surface area (Å²) < 4.78 is 5.71. The van der Waals surface area contributed by atoms with Gasteiger partial charge in [0, 0.05) is 26.2 Å². The monoisotopic (exact) mass is 297 g/mol. The minimum atomic E-state index is -0.229. The number of rotatable bonds is 4. The number of ether oxygens (including phenoxy) is 1. The van der Waals surface area contributed by atoms with Crippen LogP contribution in [0.4, 0.5) is 17.2 Å². The first-order valence-electron chi connectivity index (χ1n) is 6.47. The molecule has 0 spiro atoms. The number of hydrogen-bond donors (Lipinski definition) is 3. The van der Waals surface area contributed by atoms with Crippen LogP contribution < -0.4 is 21.1 Å². The molecule has 0 aliphatic carbocycles. The Hall–Kier alpha value is -3.27. The molecular weight excluding hydrogens is 282 g/mol. The zero-order valence-electron chi connectivity index (χ0n) is 12.2. The van der Waals surface area contributed by atoms with Crippen LogP contribution in [0.15, 0.2) is 30.5 Å². The maximum atomic E-state index is 11.0. The highest BCUT2D eigenvalue weighted by molar-refractivity contribution is 5.87. The fourth-order valence-corrected chi connectivity index (χ4v) is 1.92. The number of carbonyl (C=O) groups is 1. The summed E-state index contributed by atoms with van der Waals surface area (Å²) in [5.41, 5.74) is 7.10. The Morgan fingerprint density at radius 1 is 1.41 bits per heavy atom. The van der Waals surface area contributed by atoms with E-state index in [1.165, 1.54) is 13.1 Å². The van der Waals surface area contributed by atoms with Gasteiger partial charge in [-0.05, 0) is 18.2 Å². The van der Waals surface area contributed by atoms with E-state index >= 15 is 0 Å². The number of nitrogen functional groups attached to an aromatic ring is 1. The quantitative estimate of drug-likeness (QED) is 0.746. The molecule has 2 rings (SSSR count). The molecule has 0 unspecified atom stereocenters. The average molecular weight is 297 g/mol. The highest BCUT2D eigenvalue weighted by atomic mass is 16.5. The first-order valence-corrected chi connectivity index (χ1v) is 6.47. The van der Waals surface area contributed by atoms with Crippen molar-refractivity contribution in [3.8, 4) is 17.6 Å². The molecule has 7 nitrogen and oxygen atoms in total. The second-order valence-electron chi connectivity index (χ2n) is 4.42. The van der Waals surface area contributed by atoms with Crippen LogP contribution in [0.3, 0.4) is 0 Å². The fraction of sp³-hybridized carbons (Fsp3) is 0.133. The normalized spacial score (nSPS) is 9.68. The zero-order valence-corrected chi connectivity index (χ0v) is 12.2. The van der Waals surface area contributed by atoms with Crippen molar-refractivity contribution in [3.63, 3.8) is 0 Å². The molecule has 1 aromatic carbocycles. The summed E-state index contributed by atoms with van der Waals surface area (Å²) in [7, 11) is 1.68. The van der Waals surface area contributed by atoms with E-state index in [1.807, 2.05) is 0 Å². The molecule has 2 aromatic rings. The number of nitriles is 1. The van der Waals surface area contributed by atoms with Crippen LogP contribution in [0.5, 0.6) is 11.5 Å². The lowest BCUT2D eigenvalue weighted by Crippen LogP contribution is -2.07. The minimum absolute atomic E-state index is 0.229. The summed E-state index contributed by atoms with van der Waals surface area (Å²) in [4.78, 5) is 15.0. The van der Waals surface area contributed by atoms with Gasteiger partial charge in [-0.15, -0.1) is 0 Å².